The van der Waals surface area contributed by atoms with Crippen LogP contribution in [0.5, 0.6) is 0 Å². The average molecular weight is 479 g/mol. The second-order valence-electron chi connectivity index (χ2n) is 6.55. The first-order valence-corrected chi connectivity index (χ1v) is 10.6. The van der Waals surface area contributed by atoms with Gasteiger partial charge in [-0.25, -0.2) is 5.43 Å². The van der Waals surface area contributed by atoms with E-state index in [0.29, 0.717) is 58.8 Å². The normalized spacial score (nSPS) is 14.1. The lowest BCUT2D eigenvalue weighted by molar-refractivity contribution is 0.122. The Bertz CT molecular complexity index is 1070. The number of hydrogen-bond donors (Lipinski definition) is 2. The topological polar surface area (TPSA) is 87.6 Å². The molecule has 1 fully saturated rings. The van der Waals surface area contributed by atoms with Gasteiger partial charge in [-0.3, -0.25) is 0 Å². The van der Waals surface area contributed by atoms with Gasteiger partial charge >= 0.3 is 0 Å². The van der Waals surface area contributed by atoms with Gasteiger partial charge in [0.05, 0.1) is 24.5 Å². The zero-order valence-electron chi connectivity index (χ0n) is 16.2. The molecule has 3 aromatic rings. The molecule has 0 bridgehead atoms. The van der Waals surface area contributed by atoms with Crippen molar-refractivity contribution in [2.75, 3.05) is 41.9 Å². The minimum Gasteiger partial charge on any atom is -0.378 e. The number of nitrogens with zero attached hydrogens (tertiary/aromatic N) is 5. The maximum Gasteiger partial charge on any atom is 0.250 e. The van der Waals surface area contributed by atoms with E-state index in [0.717, 1.165) is 5.69 Å². The third-order valence-electron chi connectivity index (χ3n) is 4.35. The van der Waals surface area contributed by atoms with Gasteiger partial charge in [-0.1, -0.05) is 40.9 Å². The molecule has 8 nitrogen and oxygen atoms in total. The van der Waals surface area contributed by atoms with Gasteiger partial charge in [-0.15, -0.1) is 0 Å². The molecule has 0 aliphatic carbocycles. The Balaban J connectivity index is 1.57. The van der Waals surface area contributed by atoms with Crippen molar-refractivity contribution in [3.8, 4) is 0 Å². The van der Waals surface area contributed by atoms with E-state index < -0.39 is 0 Å². The maximum atomic E-state index is 6.18. The number of rotatable bonds is 6. The molecule has 1 aliphatic heterocycles. The number of nitrogens with one attached hydrogen (secondary N) is 2. The highest BCUT2D eigenvalue weighted by molar-refractivity contribution is 6.36. The Labute approximate surface area is 194 Å². The number of anilines is 4. The molecule has 2 heterocycles. The van der Waals surface area contributed by atoms with E-state index in [1.807, 2.05) is 17.0 Å². The lowest BCUT2D eigenvalue weighted by Crippen LogP contribution is -2.37. The van der Waals surface area contributed by atoms with Crippen molar-refractivity contribution in [1.29, 1.82) is 0 Å². The predicted molar refractivity (Wildman–Crippen MR) is 125 cm³/mol. The number of halogens is 3. The van der Waals surface area contributed by atoms with Crippen molar-refractivity contribution in [2.24, 2.45) is 5.10 Å². The van der Waals surface area contributed by atoms with Crippen molar-refractivity contribution in [3.63, 3.8) is 0 Å². The Morgan fingerprint density at radius 1 is 0.903 bits per heavy atom. The largest absolute Gasteiger partial charge is 0.378 e. The summed E-state index contributed by atoms with van der Waals surface area (Å²) in [6.45, 7) is 2.60. The van der Waals surface area contributed by atoms with Crippen LogP contribution in [0.3, 0.4) is 0 Å². The summed E-state index contributed by atoms with van der Waals surface area (Å²) in [6, 6.07) is 12.4. The van der Waals surface area contributed by atoms with E-state index in [9.17, 15) is 0 Å². The van der Waals surface area contributed by atoms with E-state index in [1.165, 1.54) is 0 Å². The van der Waals surface area contributed by atoms with Crippen LogP contribution >= 0.6 is 34.8 Å². The quantitative estimate of drug-likeness (QED) is 0.386. The monoisotopic (exact) mass is 477 g/mol. The van der Waals surface area contributed by atoms with E-state index in [-0.39, 0.29) is 5.95 Å². The van der Waals surface area contributed by atoms with E-state index >= 15 is 0 Å². The van der Waals surface area contributed by atoms with Crippen molar-refractivity contribution in [3.05, 3.63) is 63.1 Å². The average Bonchev–Trinajstić information content (AvgIpc) is 2.77. The molecule has 0 saturated carbocycles. The number of aromatic nitrogens is 3. The summed E-state index contributed by atoms with van der Waals surface area (Å²) in [6.07, 6.45) is 1.57. The van der Waals surface area contributed by atoms with Crippen molar-refractivity contribution in [1.82, 2.24) is 15.0 Å². The molecule has 1 aliphatic rings. The number of ether oxygens (including phenoxy) is 1. The van der Waals surface area contributed by atoms with Gasteiger partial charge in [-0.2, -0.15) is 20.1 Å². The maximum absolute atomic E-state index is 6.18. The van der Waals surface area contributed by atoms with E-state index in [4.69, 9.17) is 39.5 Å². The van der Waals surface area contributed by atoms with E-state index in [2.05, 4.69) is 30.8 Å². The molecule has 2 aromatic carbocycles. The minimum atomic E-state index is 0.286. The molecule has 0 amide bonds. The van der Waals surface area contributed by atoms with Crippen LogP contribution in [0.15, 0.2) is 47.6 Å². The fraction of sp³-hybridized carbons (Fsp3) is 0.200. The van der Waals surface area contributed by atoms with Crippen LogP contribution < -0.4 is 15.6 Å². The predicted octanol–water partition coefficient (Wildman–Crippen LogP) is 4.86. The highest BCUT2D eigenvalue weighted by Crippen LogP contribution is 2.21. The molecule has 0 atom stereocenters. The Morgan fingerprint density at radius 2 is 1.61 bits per heavy atom. The number of hydrazone groups is 1. The standard InChI is InChI=1S/C20H18Cl3N7O/c21-14-3-5-16(6-4-14)25-18-26-19(28-20(27-18)30-7-9-31-10-8-30)29-24-12-13-1-2-15(22)11-17(13)23/h1-6,11-12H,7-10H2,(H2,25,26,27,28,29)/b24-12+. The molecule has 2 N–H and O–H groups in total. The summed E-state index contributed by atoms with van der Waals surface area (Å²) < 4.78 is 5.42. The molecule has 0 unspecified atom stereocenters. The lowest BCUT2D eigenvalue weighted by atomic mass is 10.2. The molecule has 31 heavy (non-hydrogen) atoms. The van der Waals surface area contributed by atoms with Gasteiger partial charge in [0.2, 0.25) is 17.8 Å². The van der Waals surface area contributed by atoms with Gasteiger partial charge in [0.25, 0.3) is 0 Å². The van der Waals surface area contributed by atoms with Gasteiger partial charge in [0.1, 0.15) is 0 Å². The third-order valence-corrected chi connectivity index (χ3v) is 5.16. The van der Waals surface area contributed by atoms with Crippen LogP contribution in [0, 0.1) is 0 Å². The Kier molecular flexibility index (Phi) is 7.03. The zero-order valence-corrected chi connectivity index (χ0v) is 18.5. The number of benzene rings is 2. The highest BCUT2D eigenvalue weighted by Gasteiger charge is 2.16. The zero-order chi connectivity index (χ0) is 21.6. The lowest BCUT2D eigenvalue weighted by Gasteiger charge is -2.27. The van der Waals surface area contributed by atoms with E-state index in [1.54, 1.807) is 36.5 Å². The number of hydrogen-bond acceptors (Lipinski definition) is 8. The third kappa shape index (κ3) is 5.95. The summed E-state index contributed by atoms with van der Waals surface area (Å²) in [5.41, 5.74) is 4.35. The molecule has 160 valence electrons. The Hall–Kier alpha value is -2.65. The van der Waals surface area contributed by atoms with Crippen LogP contribution in [0.1, 0.15) is 5.56 Å². The molecular weight excluding hydrogens is 461 g/mol. The second-order valence-corrected chi connectivity index (χ2v) is 7.83. The summed E-state index contributed by atoms with van der Waals surface area (Å²) in [7, 11) is 0. The molecule has 4 rings (SSSR count). The summed E-state index contributed by atoms with van der Waals surface area (Å²) in [4.78, 5) is 15.5. The second kappa shape index (κ2) is 10.1. The first kappa shape index (κ1) is 21.6. The number of morpholine rings is 1. The van der Waals surface area contributed by atoms with Crippen LogP contribution in [0.2, 0.25) is 15.1 Å². The van der Waals surface area contributed by atoms with Crippen molar-refractivity contribution >= 4 is 64.5 Å². The first-order chi connectivity index (χ1) is 15.1. The van der Waals surface area contributed by atoms with Gasteiger partial charge in [0, 0.05) is 34.4 Å². The summed E-state index contributed by atoms with van der Waals surface area (Å²) in [5, 5.41) is 9.07. The molecular formula is C20H18Cl3N7O. The molecule has 11 heteroatoms. The molecule has 0 radical (unpaired) electrons. The molecule has 0 spiro atoms. The summed E-state index contributed by atoms with van der Waals surface area (Å²) >= 11 is 18.1. The molecule has 1 saturated heterocycles. The van der Waals surface area contributed by atoms with Gasteiger partial charge in [0.15, 0.2) is 0 Å². The summed E-state index contributed by atoms with van der Waals surface area (Å²) in [5.74, 6) is 1.19. The van der Waals surface area contributed by atoms with Crippen molar-refractivity contribution < 1.29 is 4.74 Å². The van der Waals surface area contributed by atoms with Crippen LogP contribution in [0.25, 0.3) is 0 Å². The highest BCUT2D eigenvalue weighted by atomic mass is 35.5. The first-order valence-electron chi connectivity index (χ1n) is 9.42. The Morgan fingerprint density at radius 3 is 2.35 bits per heavy atom. The van der Waals surface area contributed by atoms with Crippen LogP contribution in [-0.2, 0) is 4.74 Å². The van der Waals surface area contributed by atoms with Crippen molar-refractivity contribution in [2.45, 2.75) is 0 Å². The SMILES string of the molecule is Clc1ccc(Nc2nc(N/N=C/c3ccc(Cl)cc3Cl)nc(N3CCOCC3)n2)cc1. The molecule has 1 aromatic heterocycles. The van der Waals surface area contributed by atoms with Gasteiger partial charge < -0.3 is 15.0 Å². The van der Waals surface area contributed by atoms with Crippen LogP contribution in [0.4, 0.5) is 23.5 Å². The fourth-order valence-corrected chi connectivity index (χ4v) is 3.39. The van der Waals surface area contributed by atoms with Crippen LogP contribution in [-0.4, -0.2) is 47.5 Å². The fourth-order valence-electron chi connectivity index (χ4n) is 2.80. The minimum absolute atomic E-state index is 0.286. The smallest absolute Gasteiger partial charge is 0.250 e. The van der Waals surface area contributed by atoms with Gasteiger partial charge in [-0.05, 0) is 36.4 Å².